The summed E-state index contributed by atoms with van der Waals surface area (Å²) in [6, 6.07) is 48.2. The predicted octanol–water partition coefficient (Wildman–Crippen LogP) is 11.9. The van der Waals surface area contributed by atoms with Crippen molar-refractivity contribution in [3.63, 3.8) is 0 Å². The number of halogens is 3. The molecule has 0 N–H and O–H groups in total. The van der Waals surface area contributed by atoms with E-state index in [2.05, 4.69) is 148 Å². The summed E-state index contributed by atoms with van der Waals surface area (Å²) in [4.78, 5) is 14.5. The highest BCUT2D eigenvalue weighted by Crippen LogP contribution is 2.49. The molecule has 0 aliphatic carbocycles. The van der Waals surface area contributed by atoms with Gasteiger partial charge in [0.1, 0.15) is 12.2 Å². The Hall–Kier alpha value is -4.19. The third kappa shape index (κ3) is 11.6. The number of esters is 1. The summed E-state index contributed by atoms with van der Waals surface area (Å²) in [5.74, 6) is -1.57. The van der Waals surface area contributed by atoms with Crippen molar-refractivity contribution < 1.29 is 45.5 Å². The topological polar surface area (TPSA) is 75.8 Å². The second-order valence-corrected chi connectivity index (χ2v) is 36.2. The molecule has 6 rings (SSSR count). The minimum Gasteiger partial charge on any atom is -0.457 e. The van der Waals surface area contributed by atoms with Crippen molar-refractivity contribution in [2.45, 2.75) is 152 Å². The summed E-state index contributed by atoms with van der Waals surface area (Å²) in [5.41, 5.74) is -4.73. The van der Waals surface area contributed by atoms with Crippen LogP contribution in [0.1, 0.15) is 94.1 Å². The van der Waals surface area contributed by atoms with E-state index in [1.165, 1.54) is 34.6 Å². The highest BCUT2D eigenvalue weighted by Gasteiger charge is 2.66. The fourth-order valence-electron chi connectivity index (χ4n) is 10.2. The Morgan fingerprint density at radius 3 is 1.30 bits per heavy atom. The molecule has 0 saturated carbocycles. The van der Waals surface area contributed by atoms with Crippen molar-refractivity contribution in [1.82, 2.24) is 0 Å². The molecule has 5 aromatic rings. The lowest BCUT2D eigenvalue weighted by atomic mass is 9.91. The summed E-state index contributed by atoms with van der Waals surface area (Å²) in [5, 5.41) is 3.67. The van der Waals surface area contributed by atoms with E-state index in [1.807, 2.05) is 55.5 Å². The highest BCUT2D eigenvalue weighted by atomic mass is 28.4. The Morgan fingerprint density at radius 1 is 0.592 bits per heavy atom. The molecular formula is C58H77F3O7Si3. The van der Waals surface area contributed by atoms with Gasteiger partial charge in [-0.05, 0) is 62.3 Å². The summed E-state index contributed by atoms with van der Waals surface area (Å²) in [6.45, 7) is 26.7. The molecule has 384 valence electrons. The lowest BCUT2D eigenvalue weighted by Crippen LogP contribution is -2.66. The van der Waals surface area contributed by atoms with Crippen molar-refractivity contribution in [1.29, 1.82) is 0 Å². The monoisotopic (exact) mass is 1030 g/mol. The molecule has 13 heteroatoms. The van der Waals surface area contributed by atoms with E-state index in [0.29, 0.717) is 19.4 Å². The normalized spacial score (nSPS) is 18.8. The molecule has 5 aromatic carbocycles. The van der Waals surface area contributed by atoms with Gasteiger partial charge in [-0.2, -0.15) is 13.2 Å². The van der Waals surface area contributed by atoms with Gasteiger partial charge in [0.15, 0.2) is 8.32 Å². The van der Waals surface area contributed by atoms with E-state index < -0.39 is 60.5 Å². The van der Waals surface area contributed by atoms with Gasteiger partial charge < -0.3 is 27.5 Å². The first-order valence-corrected chi connectivity index (χ1v) is 31.7. The number of hydrogen-bond donors (Lipinski definition) is 0. The molecule has 1 fully saturated rings. The van der Waals surface area contributed by atoms with E-state index in [-0.39, 0.29) is 39.8 Å². The maximum atomic E-state index is 15.5. The number of ether oxygens (including phenoxy) is 3. The van der Waals surface area contributed by atoms with Crippen LogP contribution in [0, 0.1) is 0 Å². The van der Waals surface area contributed by atoms with Crippen LogP contribution < -0.4 is 20.7 Å². The van der Waals surface area contributed by atoms with Gasteiger partial charge in [-0.1, -0.05) is 214 Å². The van der Waals surface area contributed by atoms with Crippen molar-refractivity contribution in [2.24, 2.45) is 0 Å². The third-order valence-corrected chi connectivity index (χ3v) is 29.5. The Bertz CT molecular complexity index is 2380. The maximum absolute atomic E-state index is 15.5. The van der Waals surface area contributed by atoms with Gasteiger partial charge >= 0.3 is 12.1 Å². The van der Waals surface area contributed by atoms with Crippen LogP contribution in [-0.4, -0.2) is 81.3 Å². The first kappa shape index (κ1) is 56.1. The number of methoxy groups -OCH3 is 1. The number of carbonyl (C=O) groups is 1. The van der Waals surface area contributed by atoms with E-state index in [1.54, 1.807) is 6.07 Å². The Labute approximate surface area is 425 Å². The highest BCUT2D eigenvalue weighted by molar-refractivity contribution is 7.00. The van der Waals surface area contributed by atoms with E-state index in [9.17, 15) is 4.79 Å². The van der Waals surface area contributed by atoms with Gasteiger partial charge in [0.25, 0.3) is 22.2 Å². The van der Waals surface area contributed by atoms with Gasteiger partial charge in [-0.15, -0.1) is 0 Å². The molecule has 5 atom stereocenters. The number of epoxide rings is 1. The number of benzene rings is 5. The standard InChI is InChI=1S/C58H77F3O7Si3/c1-53(2,3)69(12,13)68-45(39-41-64-70(54(4,5)6,46-31-21-15-22-32-46)47-33-23-16-24-34-47)43-56(10)51(67-56)50(66-52(62)57(63-11,58(59,60)61)44-29-19-14-20-30-44)40-42-65-71(55(7,8)9,48-35-25-17-26-36-48)49-37-27-18-28-38-49/h14-38,45,50-51H,39-43H2,1-13H3/t45-,50-,51+,56+,57-/m1/s1. The molecule has 0 spiro atoms. The average molecular weight is 1030 g/mol. The summed E-state index contributed by atoms with van der Waals surface area (Å²) in [6.07, 6.45) is -6.54. The minimum atomic E-state index is -5.17. The Kier molecular flexibility index (Phi) is 17.2. The zero-order chi connectivity index (χ0) is 52.2. The third-order valence-electron chi connectivity index (χ3n) is 14.9. The zero-order valence-electron chi connectivity index (χ0n) is 44.2. The van der Waals surface area contributed by atoms with Crippen LogP contribution in [0.15, 0.2) is 152 Å². The Balaban J connectivity index is 1.37. The minimum absolute atomic E-state index is 0.0493. The predicted molar refractivity (Wildman–Crippen MR) is 287 cm³/mol. The van der Waals surface area contributed by atoms with E-state index >= 15 is 13.2 Å². The fourth-order valence-corrected chi connectivity index (χ4v) is 20.8. The average Bonchev–Trinajstić information content (AvgIpc) is 3.98. The molecular weight excluding hydrogens is 950 g/mol. The second-order valence-electron chi connectivity index (χ2n) is 22.8. The number of carbonyl (C=O) groups excluding carboxylic acids is 1. The first-order valence-electron chi connectivity index (χ1n) is 24.9. The van der Waals surface area contributed by atoms with E-state index in [0.717, 1.165) is 17.5 Å². The lowest BCUT2D eigenvalue weighted by molar-refractivity contribution is -0.278. The number of alkyl halides is 3. The molecule has 1 saturated heterocycles. The van der Waals surface area contributed by atoms with Crippen LogP contribution in [0.5, 0.6) is 0 Å². The van der Waals surface area contributed by atoms with Gasteiger partial charge in [0.05, 0.1) is 11.7 Å². The Morgan fingerprint density at radius 2 is 0.958 bits per heavy atom. The molecule has 7 nitrogen and oxygen atoms in total. The van der Waals surface area contributed by atoms with Gasteiger partial charge in [0.2, 0.25) is 0 Å². The summed E-state index contributed by atoms with van der Waals surface area (Å²) in [7, 11) is -7.56. The maximum Gasteiger partial charge on any atom is 0.432 e. The first-order chi connectivity index (χ1) is 33.2. The van der Waals surface area contributed by atoms with Gasteiger partial charge in [-0.25, -0.2) is 4.79 Å². The molecule has 71 heavy (non-hydrogen) atoms. The van der Waals surface area contributed by atoms with Gasteiger partial charge in [0, 0.05) is 38.7 Å². The SMILES string of the molecule is CO[C@@](C(=O)O[C@H](CCO[Si](c1ccccc1)(c1ccccc1)C(C)(C)C)[C@@H]1O[C@@]1(C)C[C@@H](CCO[Si](c1ccccc1)(c1ccccc1)C(C)(C)C)O[Si](C)(C)C(C)(C)C)(c1ccccc1)C(F)(F)F. The van der Waals surface area contributed by atoms with Crippen LogP contribution in [0.4, 0.5) is 13.2 Å². The second kappa shape index (κ2) is 21.7. The zero-order valence-corrected chi connectivity index (χ0v) is 47.2. The van der Waals surface area contributed by atoms with Crippen molar-refractivity contribution >= 4 is 51.7 Å². The van der Waals surface area contributed by atoms with Crippen LogP contribution in [-0.2, 0) is 37.9 Å². The van der Waals surface area contributed by atoms with Gasteiger partial charge in [-0.3, -0.25) is 0 Å². The summed E-state index contributed by atoms with van der Waals surface area (Å²) >= 11 is 0. The molecule has 1 heterocycles. The van der Waals surface area contributed by atoms with E-state index in [4.69, 9.17) is 27.5 Å². The molecule has 0 bridgehead atoms. The van der Waals surface area contributed by atoms with Crippen LogP contribution in [0.25, 0.3) is 0 Å². The molecule has 0 aromatic heterocycles. The number of hydrogen-bond acceptors (Lipinski definition) is 7. The van der Waals surface area contributed by atoms with Crippen molar-refractivity contribution in [3.05, 3.63) is 157 Å². The van der Waals surface area contributed by atoms with Crippen LogP contribution in [0.3, 0.4) is 0 Å². The van der Waals surface area contributed by atoms with Crippen molar-refractivity contribution in [3.8, 4) is 0 Å². The molecule has 1 aliphatic heterocycles. The van der Waals surface area contributed by atoms with Crippen LogP contribution >= 0.6 is 0 Å². The fraction of sp³-hybridized carbons (Fsp3) is 0.466. The largest absolute Gasteiger partial charge is 0.457 e. The molecule has 0 radical (unpaired) electrons. The molecule has 0 unspecified atom stereocenters. The summed E-state index contributed by atoms with van der Waals surface area (Å²) < 4.78 is 86.4. The van der Waals surface area contributed by atoms with Crippen molar-refractivity contribution in [2.75, 3.05) is 20.3 Å². The quantitative estimate of drug-likeness (QED) is 0.0412. The lowest BCUT2D eigenvalue weighted by Gasteiger charge is -2.44. The van der Waals surface area contributed by atoms with Crippen LogP contribution in [0.2, 0.25) is 28.2 Å². The smallest absolute Gasteiger partial charge is 0.432 e. The molecule has 0 amide bonds. The molecule has 1 aliphatic rings. The number of rotatable bonds is 21.